The van der Waals surface area contributed by atoms with Gasteiger partial charge in [-0.1, -0.05) is 32.9 Å². The molecule has 3 rings (SSSR count). The van der Waals surface area contributed by atoms with Crippen LogP contribution in [0, 0.1) is 0 Å². The van der Waals surface area contributed by atoms with Crippen LogP contribution in [0.3, 0.4) is 0 Å². The molecule has 0 bridgehead atoms. The zero-order chi connectivity index (χ0) is 17.3. The molecule has 0 unspecified atom stereocenters. The lowest BCUT2D eigenvalue weighted by atomic mass is 9.87. The van der Waals surface area contributed by atoms with Gasteiger partial charge in [-0.15, -0.1) is 0 Å². The lowest BCUT2D eigenvalue weighted by molar-refractivity contribution is -0.116. The first-order chi connectivity index (χ1) is 11.3. The fourth-order valence-electron chi connectivity index (χ4n) is 2.78. The number of carbonyl (C=O) groups excluding carboxylic acids is 2. The van der Waals surface area contributed by atoms with Gasteiger partial charge in [0.1, 0.15) is 0 Å². The van der Waals surface area contributed by atoms with Crippen molar-refractivity contribution in [1.82, 2.24) is 0 Å². The van der Waals surface area contributed by atoms with Crippen molar-refractivity contribution in [1.29, 1.82) is 0 Å². The number of hydrogen-bond donors (Lipinski definition) is 2. The molecular formula is C20H22N2O2. The van der Waals surface area contributed by atoms with Crippen molar-refractivity contribution in [3.05, 3.63) is 59.2 Å². The normalized spacial score (nSPS) is 13.9. The number of amides is 2. The summed E-state index contributed by atoms with van der Waals surface area (Å²) in [5, 5.41) is 5.75. The molecule has 0 saturated carbocycles. The van der Waals surface area contributed by atoms with Gasteiger partial charge in [0.25, 0.3) is 5.91 Å². The monoisotopic (exact) mass is 322 g/mol. The Hall–Kier alpha value is -2.62. The Labute approximate surface area is 142 Å². The van der Waals surface area contributed by atoms with Gasteiger partial charge in [0.05, 0.1) is 0 Å². The van der Waals surface area contributed by atoms with Gasteiger partial charge in [-0.25, -0.2) is 0 Å². The minimum Gasteiger partial charge on any atom is -0.326 e. The number of aryl methyl sites for hydroxylation is 1. The third-order valence-corrected chi connectivity index (χ3v) is 4.27. The maximum atomic E-state index is 12.4. The van der Waals surface area contributed by atoms with E-state index in [1.54, 1.807) is 12.1 Å². The lowest BCUT2D eigenvalue weighted by Crippen LogP contribution is -2.20. The quantitative estimate of drug-likeness (QED) is 0.874. The van der Waals surface area contributed by atoms with Gasteiger partial charge in [-0.05, 0) is 53.3 Å². The van der Waals surface area contributed by atoms with Crippen molar-refractivity contribution in [3.63, 3.8) is 0 Å². The summed E-state index contributed by atoms with van der Waals surface area (Å²) >= 11 is 0. The van der Waals surface area contributed by atoms with Crippen molar-refractivity contribution in [3.8, 4) is 0 Å². The van der Waals surface area contributed by atoms with Crippen LogP contribution in [0.5, 0.6) is 0 Å². The van der Waals surface area contributed by atoms with E-state index in [-0.39, 0.29) is 17.2 Å². The number of anilines is 2. The molecule has 0 radical (unpaired) electrons. The number of nitrogens with one attached hydrogen (secondary N) is 2. The number of fused-ring (bicyclic) bond motifs is 1. The highest BCUT2D eigenvalue weighted by atomic mass is 16.2. The van der Waals surface area contributed by atoms with Crippen LogP contribution in [-0.2, 0) is 16.6 Å². The highest BCUT2D eigenvalue weighted by molar-refractivity contribution is 6.05. The number of hydrogen-bond acceptors (Lipinski definition) is 2. The minimum atomic E-state index is -0.141. The van der Waals surface area contributed by atoms with Crippen LogP contribution in [0.25, 0.3) is 0 Å². The predicted octanol–water partition coefficient (Wildman–Crippen LogP) is 4.12. The Morgan fingerprint density at radius 3 is 2.42 bits per heavy atom. The van der Waals surface area contributed by atoms with E-state index in [0.717, 1.165) is 16.9 Å². The molecule has 24 heavy (non-hydrogen) atoms. The van der Waals surface area contributed by atoms with Crippen LogP contribution in [0.2, 0.25) is 0 Å². The third kappa shape index (κ3) is 3.48. The Bertz CT molecular complexity index is 786. The van der Waals surface area contributed by atoms with Crippen LogP contribution < -0.4 is 10.6 Å². The summed E-state index contributed by atoms with van der Waals surface area (Å²) in [5.41, 5.74) is 4.50. The fourth-order valence-corrected chi connectivity index (χ4v) is 2.78. The van der Waals surface area contributed by atoms with E-state index in [2.05, 4.69) is 31.4 Å². The lowest BCUT2D eigenvalue weighted by Gasteiger charge is -2.19. The SMILES string of the molecule is CC(C)(C)c1ccc(NC(=O)c2ccc3c(c2)CCC(=O)N3)cc1. The molecule has 0 atom stereocenters. The van der Waals surface area contributed by atoms with Crippen LogP contribution in [0.15, 0.2) is 42.5 Å². The molecule has 124 valence electrons. The van der Waals surface area contributed by atoms with Crippen molar-refractivity contribution in [2.75, 3.05) is 10.6 Å². The van der Waals surface area contributed by atoms with E-state index in [4.69, 9.17) is 0 Å². The summed E-state index contributed by atoms with van der Waals surface area (Å²) in [6.45, 7) is 6.48. The van der Waals surface area contributed by atoms with E-state index >= 15 is 0 Å². The maximum Gasteiger partial charge on any atom is 0.255 e. The van der Waals surface area contributed by atoms with Gasteiger partial charge < -0.3 is 10.6 Å². The smallest absolute Gasteiger partial charge is 0.255 e. The topological polar surface area (TPSA) is 58.2 Å². The van der Waals surface area contributed by atoms with Gasteiger partial charge in [-0.3, -0.25) is 9.59 Å². The van der Waals surface area contributed by atoms with Gasteiger partial charge in [0, 0.05) is 23.4 Å². The largest absolute Gasteiger partial charge is 0.326 e. The first kappa shape index (κ1) is 16.2. The molecule has 1 heterocycles. The molecule has 0 spiro atoms. The zero-order valence-corrected chi connectivity index (χ0v) is 14.3. The maximum absolute atomic E-state index is 12.4. The average Bonchev–Trinajstić information content (AvgIpc) is 2.54. The molecule has 0 aromatic heterocycles. The molecule has 0 fully saturated rings. The second kappa shape index (κ2) is 6.11. The molecule has 2 aromatic carbocycles. The van der Waals surface area contributed by atoms with Gasteiger partial charge in [-0.2, -0.15) is 0 Å². The molecule has 2 amide bonds. The van der Waals surface area contributed by atoms with E-state index < -0.39 is 0 Å². The van der Waals surface area contributed by atoms with Crippen LogP contribution in [0.1, 0.15) is 48.7 Å². The van der Waals surface area contributed by atoms with E-state index in [9.17, 15) is 9.59 Å². The van der Waals surface area contributed by atoms with Crippen molar-refractivity contribution < 1.29 is 9.59 Å². The van der Waals surface area contributed by atoms with Crippen molar-refractivity contribution in [2.45, 2.75) is 39.0 Å². The second-order valence-electron chi connectivity index (χ2n) is 7.20. The Kier molecular flexibility index (Phi) is 4.14. The summed E-state index contributed by atoms with van der Waals surface area (Å²) in [7, 11) is 0. The Balaban J connectivity index is 1.74. The third-order valence-electron chi connectivity index (χ3n) is 4.27. The summed E-state index contributed by atoms with van der Waals surface area (Å²) < 4.78 is 0. The highest BCUT2D eigenvalue weighted by Crippen LogP contribution is 2.25. The predicted molar refractivity (Wildman–Crippen MR) is 96.5 cm³/mol. The van der Waals surface area contributed by atoms with Crippen LogP contribution in [0.4, 0.5) is 11.4 Å². The first-order valence-corrected chi connectivity index (χ1v) is 8.17. The molecule has 0 saturated heterocycles. The molecule has 2 aromatic rings. The highest BCUT2D eigenvalue weighted by Gasteiger charge is 2.17. The molecule has 4 nitrogen and oxygen atoms in total. The van der Waals surface area contributed by atoms with Gasteiger partial charge in [0.2, 0.25) is 5.91 Å². The summed E-state index contributed by atoms with van der Waals surface area (Å²) in [4.78, 5) is 23.8. The summed E-state index contributed by atoms with van der Waals surface area (Å²) in [5.74, 6) is -0.114. The number of benzene rings is 2. The standard InChI is InChI=1S/C20H22N2O2/c1-20(2,3)15-6-8-16(9-7-15)21-19(24)14-4-10-17-13(12-14)5-11-18(23)22-17/h4,6-10,12H,5,11H2,1-3H3,(H,21,24)(H,22,23). The molecule has 2 N–H and O–H groups in total. The molecule has 1 aliphatic heterocycles. The minimum absolute atomic E-state index is 0.0265. The molecule has 4 heteroatoms. The average molecular weight is 322 g/mol. The van der Waals surface area contributed by atoms with E-state index in [1.807, 2.05) is 30.3 Å². The molecular weight excluding hydrogens is 300 g/mol. The summed E-state index contributed by atoms with van der Waals surface area (Å²) in [6, 6.07) is 13.3. The van der Waals surface area contributed by atoms with Crippen LogP contribution in [-0.4, -0.2) is 11.8 Å². The Morgan fingerprint density at radius 1 is 1.04 bits per heavy atom. The molecule has 0 aliphatic carbocycles. The second-order valence-corrected chi connectivity index (χ2v) is 7.20. The van der Waals surface area contributed by atoms with Crippen LogP contribution >= 0.6 is 0 Å². The number of carbonyl (C=O) groups is 2. The zero-order valence-electron chi connectivity index (χ0n) is 14.3. The summed E-state index contributed by atoms with van der Waals surface area (Å²) in [6.07, 6.45) is 1.13. The Morgan fingerprint density at radius 2 is 1.75 bits per heavy atom. The van der Waals surface area contributed by atoms with Gasteiger partial charge in [0.15, 0.2) is 0 Å². The van der Waals surface area contributed by atoms with Crippen molar-refractivity contribution in [2.24, 2.45) is 0 Å². The first-order valence-electron chi connectivity index (χ1n) is 8.17. The van der Waals surface area contributed by atoms with Gasteiger partial charge >= 0.3 is 0 Å². The molecule has 1 aliphatic rings. The van der Waals surface area contributed by atoms with E-state index in [0.29, 0.717) is 18.4 Å². The number of rotatable bonds is 2. The van der Waals surface area contributed by atoms with Crippen molar-refractivity contribution >= 4 is 23.2 Å². The fraction of sp³-hybridized carbons (Fsp3) is 0.300. The van der Waals surface area contributed by atoms with E-state index in [1.165, 1.54) is 5.56 Å².